The molecule has 13 aromatic rings. The van der Waals surface area contributed by atoms with Crippen LogP contribution >= 0.6 is 0 Å². The van der Waals surface area contributed by atoms with Gasteiger partial charge in [0.25, 0.3) is 0 Å². The molecule has 1 heterocycles. The Morgan fingerprint density at radius 1 is 0.267 bits per heavy atom. The Balaban J connectivity index is 0.881. The minimum absolute atomic E-state index is 0.469. The van der Waals surface area contributed by atoms with Crippen molar-refractivity contribution in [2.75, 3.05) is 4.90 Å². The molecule has 0 atom stereocenters. The summed E-state index contributed by atoms with van der Waals surface area (Å²) in [6.45, 7) is 0. The van der Waals surface area contributed by atoms with Crippen LogP contribution in [-0.4, -0.2) is 0 Å². The van der Waals surface area contributed by atoms with E-state index in [2.05, 4.69) is 290 Å². The maximum absolute atomic E-state index is 6.31. The van der Waals surface area contributed by atoms with Crippen LogP contribution in [0.4, 0.5) is 17.1 Å². The van der Waals surface area contributed by atoms with E-state index in [1.165, 1.54) is 72.3 Å². The quantitative estimate of drug-likeness (QED) is 0.136. The first-order chi connectivity index (χ1) is 37.2. The smallest absolute Gasteiger partial charge is 0.136 e. The second-order valence-electron chi connectivity index (χ2n) is 19.5. The maximum Gasteiger partial charge on any atom is 0.136 e. The maximum atomic E-state index is 6.31. The van der Waals surface area contributed by atoms with E-state index in [0.717, 1.165) is 55.7 Å². The van der Waals surface area contributed by atoms with Gasteiger partial charge in [-0.3, -0.25) is 0 Å². The number of furan rings is 1. The molecule has 352 valence electrons. The minimum atomic E-state index is -0.469. The zero-order chi connectivity index (χ0) is 49.7. The Labute approximate surface area is 437 Å². The largest absolute Gasteiger partial charge is 0.456 e. The van der Waals surface area contributed by atoms with Crippen LogP contribution in [-0.2, 0) is 5.41 Å². The summed E-state index contributed by atoms with van der Waals surface area (Å²) in [7, 11) is 0. The van der Waals surface area contributed by atoms with Crippen LogP contribution in [0.2, 0.25) is 0 Å². The van der Waals surface area contributed by atoms with Crippen molar-refractivity contribution in [1.29, 1.82) is 0 Å². The average molecular weight is 956 g/mol. The summed E-state index contributed by atoms with van der Waals surface area (Å²) in [4.78, 5) is 2.37. The molecular weight excluding hydrogens is 907 g/mol. The van der Waals surface area contributed by atoms with Gasteiger partial charge in [-0.1, -0.05) is 243 Å². The minimum Gasteiger partial charge on any atom is -0.456 e. The van der Waals surface area contributed by atoms with E-state index in [1.807, 2.05) is 12.1 Å². The molecule has 0 radical (unpaired) electrons. The van der Waals surface area contributed by atoms with Crippen LogP contribution < -0.4 is 4.90 Å². The first kappa shape index (κ1) is 44.0. The third kappa shape index (κ3) is 7.41. The fourth-order valence-electron chi connectivity index (χ4n) is 12.0. The molecule has 0 unspecified atom stereocenters. The number of fused-ring (bicyclic) bond motifs is 6. The lowest BCUT2D eigenvalue weighted by molar-refractivity contribution is 0.669. The molecule has 14 rings (SSSR count). The third-order valence-corrected chi connectivity index (χ3v) is 15.4. The van der Waals surface area contributed by atoms with Crippen LogP contribution in [0.3, 0.4) is 0 Å². The van der Waals surface area contributed by atoms with Crippen molar-refractivity contribution in [3.8, 4) is 66.8 Å². The zero-order valence-electron chi connectivity index (χ0n) is 41.1. The van der Waals surface area contributed by atoms with Crippen LogP contribution in [0.25, 0.3) is 88.7 Å². The first-order valence-corrected chi connectivity index (χ1v) is 25.8. The zero-order valence-corrected chi connectivity index (χ0v) is 41.1. The topological polar surface area (TPSA) is 16.4 Å². The molecular formula is C73H49NO. The fourth-order valence-corrected chi connectivity index (χ4v) is 12.0. The summed E-state index contributed by atoms with van der Waals surface area (Å²) in [6.07, 6.45) is 0. The van der Waals surface area contributed by atoms with Gasteiger partial charge < -0.3 is 9.32 Å². The SMILES string of the molecule is c1ccc(-c2ccc(-c3ccc(N(c4ccc(-c5cccc6c5-c5ccccc5C6(c5ccccc5)c5ccccc5)cc4)c4ccc(-c5cccc6oc7ccccc7c56)cc4)cc3)cc2-c2ccccc2)cc1. The molecule has 0 N–H and O–H groups in total. The highest BCUT2D eigenvalue weighted by atomic mass is 16.3. The van der Waals surface area contributed by atoms with Gasteiger partial charge in [0.1, 0.15) is 11.2 Å². The van der Waals surface area contributed by atoms with Gasteiger partial charge in [0, 0.05) is 27.8 Å². The number of rotatable bonds is 10. The van der Waals surface area contributed by atoms with Crippen LogP contribution in [0, 0.1) is 0 Å². The molecule has 0 fully saturated rings. The lowest BCUT2D eigenvalue weighted by atomic mass is 9.67. The van der Waals surface area contributed by atoms with Gasteiger partial charge in [0.05, 0.1) is 5.41 Å². The summed E-state index contributed by atoms with van der Waals surface area (Å²) in [5.74, 6) is 0. The Morgan fingerprint density at radius 3 is 1.35 bits per heavy atom. The van der Waals surface area contributed by atoms with Crippen molar-refractivity contribution >= 4 is 39.0 Å². The van der Waals surface area contributed by atoms with Crippen molar-refractivity contribution in [1.82, 2.24) is 0 Å². The summed E-state index contributed by atoms with van der Waals surface area (Å²) >= 11 is 0. The molecule has 0 amide bonds. The Kier molecular flexibility index (Phi) is 10.8. The normalized spacial score (nSPS) is 12.4. The van der Waals surface area contributed by atoms with Gasteiger partial charge in [-0.25, -0.2) is 0 Å². The summed E-state index contributed by atoms with van der Waals surface area (Å²) < 4.78 is 6.31. The average Bonchev–Trinajstić information content (AvgIpc) is 4.05. The molecule has 0 saturated carbocycles. The molecule has 1 aliphatic rings. The molecule has 2 heteroatoms. The summed E-state index contributed by atoms with van der Waals surface area (Å²) in [5.41, 5.74) is 24.0. The second-order valence-corrected chi connectivity index (χ2v) is 19.5. The Hall–Kier alpha value is -9.76. The van der Waals surface area contributed by atoms with Crippen molar-refractivity contribution in [3.05, 3.63) is 320 Å². The molecule has 75 heavy (non-hydrogen) atoms. The Bertz CT molecular complexity index is 4140. The van der Waals surface area contributed by atoms with Gasteiger partial charge in [-0.2, -0.15) is 0 Å². The number of benzene rings is 12. The van der Waals surface area contributed by atoms with Gasteiger partial charge in [0.15, 0.2) is 0 Å². The van der Waals surface area contributed by atoms with Crippen LogP contribution in [0.5, 0.6) is 0 Å². The van der Waals surface area contributed by atoms with Gasteiger partial charge >= 0.3 is 0 Å². The predicted octanol–water partition coefficient (Wildman–Crippen LogP) is 19.8. The van der Waals surface area contributed by atoms with Crippen molar-refractivity contribution in [3.63, 3.8) is 0 Å². The van der Waals surface area contributed by atoms with Gasteiger partial charge in [-0.15, -0.1) is 0 Å². The lowest BCUT2D eigenvalue weighted by Gasteiger charge is -2.34. The summed E-state index contributed by atoms with van der Waals surface area (Å²) in [5, 5.41) is 2.26. The molecule has 0 saturated heterocycles. The second kappa shape index (κ2) is 18.4. The van der Waals surface area contributed by atoms with E-state index in [9.17, 15) is 0 Å². The fraction of sp³-hybridized carbons (Fsp3) is 0.0137. The molecule has 0 aliphatic heterocycles. The van der Waals surface area contributed by atoms with Crippen molar-refractivity contribution in [2.24, 2.45) is 0 Å². The highest BCUT2D eigenvalue weighted by Crippen LogP contribution is 2.58. The van der Waals surface area contributed by atoms with E-state index < -0.39 is 5.41 Å². The number of anilines is 3. The lowest BCUT2D eigenvalue weighted by Crippen LogP contribution is -2.28. The number of para-hydroxylation sites is 1. The highest BCUT2D eigenvalue weighted by molar-refractivity contribution is 6.12. The van der Waals surface area contributed by atoms with Crippen LogP contribution in [0.1, 0.15) is 22.3 Å². The molecule has 0 spiro atoms. The molecule has 1 aromatic heterocycles. The highest BCUT2D eigenvalue weighted by Gasteiger charge is 2.46. The van der Waals surface area contributed by atoms with E-state index in [4.69, 9.17) is 4.42 Å². The predicted molar refractivity (Wildman–Crippen MR) is 313 cm³/mol. The number of nitrogens with zero attached hydrogens (tertiary/aromatic N) is 1. The van der Waals surface area contributed by atoms with Crippen molar-refractivity contribution in [2.45, 2.75) is 5.41 Å². The third-order valence-electron chi connectivity index (χ3n) is 15.4. The van der Waals surface area contributed by atoms with Crippen LogP contribution in [0.15, 0.2) is 302 Å². The van der Waals surface area contributed by atoms with E-state index in [0.29, 0.717) is 0 Å². The van der Waals surface area contributed by atoms with Gasteiger partial charge in [0.2, 0.25) is 0 Å². The number of hydrogen-bond acceptors (Lipinski definition) is 2. The van der Waals surface area contributed by atoms with E-state index in [1.54, 1.807) is 0 Å². The molecule has 12 aromatic carbocycles. The summed E-state index contributed by atoms with van der Waals surface area (Å²) in [6, 6.07) is 108. The van der Waals surface area contributed by atoms with E-state index >= 15 is 0 Å². The van der Waals surface area contributed by atoms with Crippen molar-refractivity contribution < 1.29 is 4.42 Å². The standard InChI is InChI=1S/C73H49NO/c1-5-19-51(20-6-1)61-48-41-55(49-66(61)52-21-7-2-8-22-52)50-35-42-58(43-36-50)74(60-46-39-54(40-47-60)63-30-18-34-70-72(63)65-28-14-16-33-69(65)75-70)59-44-37-53(38-45-59)62-29-17-32-68-71(62)64-27-13-15-31-67(64)73(68,56-23-9-3-10-24-56)57-25-11-4-12-26-57/h1-49H. The monoisotopic (exact) mass is 955 g/mol. The molecule has 1 aliphatic carbocycles. The first-order valence-electron chi connectivity index (χ1n) is 25.8. The van der Waals surface area contributed by atoms with E-state index in [-0.39, 0.29) is 0 Å². The number of hydrogen-bond donors (Lipinski definition) is 0. The molecule has 0 bridgehead atoms. The molecule has 2 nitrogen and oxygen atoms in total. The van der Waals surface area contributed by atoms with Gasteiger partial charge in [-0.05, 0) is 144 Å². The Morgan fingerprint density at radius 2 is 0.707 bits per heavy atom.